The molecule has 0 aromatic carbocycles. The summed E-state index contributed by atoms with van der Waals surface area (Å²) in [5.74, 6) is 2.27. The Balaban J connectivity index is 1.58. The Labute approximate surface area is 204 Å². The van der Waals surface area contributed by atoms with Crippen LogP contribution in [0.25, 0.3) is 0 Å². The number of piperidine rings is 1. The first-order valence-electron chi connectivity index (χ1n) is 11.5. The zero-order valence-corrected chi connectivity index (χ0v) is 21.0. The first kappa shape index (κ1) is 24.1. The van der Waals surface area contributed by atoms with Crippen molar-refractivity contribution < 1.29 is 9.59 Å². The molecule has 10 nitrogen and oxygen atoms in total. The Morgan fingerprint density at radius 1 is 1.26 bits per heavy atom. The minimum Gasteiger partial charge on any atom is -0.369 e. The van der Waals surface area contributed by atoms with E-state index in [9.17, 15) is 9.59 Å². The number of rotatable bonds is 7. The summed E-state index contributed by atoms with van der Waals surface area (Å²) in [4.78, 5) is 42.5. The van der Waals surface area contributed by atoms with Gasteiger partial charge in [0.1, 0.15) is 5.82 Å². The molecular weight excluding hydrogens is 452 g/mol. The molecule has 2 aromatic rings. The van der Waals surface area contributed by atoms with Crippen LogP contribution in [0.15, 0.2) is 23.6 Å². The van der Waals surface area contributed by atoms with Gasteiger partial charge >= 0.3 is 0 Å². The van der Waals surface area contributed by atoms with Gasteiger partial charge in [-0.25, -0.2) is 9.97 Å². The number of thioether (sulfide) groups is 1. The number of hydrogen-bond acceptors (Lipinski definition) is 8. The lowest BCUT2D eigenvalue weighted by atomic mass is 9.96. The van der Waals surface area contributed by atoms with Crippen molar-refractivity contribution in [2.24, 2.45) is 17.6 Å². The van der Waals surface area contributed by atoms with E-state index >= 15 is 0 Å². The number of anilines is 2. The normalized spacial score (nSPS) is 17.5. The second-order valence-corrected chi connectivity index (χ2v) is 10.2. The highest BCUT2D eigenvalue weighted by Gasteiger charge is 2.34. The Morgan fingerprint density at radius 3 is 2.53 bits per heavy atom. The smallest absolute Gasteiger partial charge is 0.277 e. The monoisotopic (exact) mass is 484 g/mol. The molecule has 2 aromatic heterocycles. The standard InChI is InChI=1S/C23H32N8O2S/c1-13(12-34-22-25-14(2)10-15(3)26-22)11-31-18-20(29(5)16(4)27-21(18)33)28-23(31)30-8-6-17(7-9-30)19(24)32/h10,13,17H,4,6-9,11-12H2,1-3,5H3,(H2,24,32)(H,27,33). The molecule has 3 N–H and O–H groups in total. The molecule has 1 saturated heterocycles. The molecule has 2 aliphatic heterocycles. The summed E-state index contributed by atoms with van der Waals surface area (Å²) < 4.78 is 2.01. The fraction of sp³-hybridized carbons (Fsp3) is 0.522. The molecule has 1 fully saturated rings. The zero-order chi connectivity index (χ0) is 24.6. The van der Waals surface area contributed by atoms with E-state index in [1.54, 1.807) is 16.7 Å². The van der Waals surface area contributed by atoms with E-state index in [1.807, 2.05) is 31.5 Å². The number of nitrogens with two attached hydrogens (primary N) is 1. The van der Waals surface area contributed by atoms with Gasteiger partial charge in [0, 0.05) is 49.7 Å². The minimum atomic E-state index is -0.253. The molecule has 4 rings (SSSR count). The van der Waals surface area contributed by atoms with E-state index in [4.69, 9.17) is 10.7 Å². The van der Waals surface area contributed by atoms with Gasteiger partial charge in [0.15, 0.2) is 16.7 Å². The number of carbonyl (C=O) groups excluding carboxylic acids is 2. The Kier molecular flexibility index (Phi) is 6.83. The predicted octanol–water partition coefficient (Wildman–Crippen LogP) is 2.07. The van der Waals surface area contributed by atoms with Gasteiger partial charge < -0.3 is 25.4 Å². The third-order valence-electron chi connectivity index (χ3n) is 6.26. The number of hydrogen-bond donors (Lipinski definition) is 2. The van der Waals surface area contributed by atoms with Crippen LogP contribution in [0.1, 0.15) is 41.6 Å². The summed E-state index contributed by atoms with van der Waals surface area (Å²) in [7, 11) is 1.84. The molecular formula is C23H32N8O2S. The summed E-state index contributed by atoms with van der Waals surface area (Å²) in [5.41, 5.74) is 7.95. The maximum absolute atomic E-state index is 13.0. The summed E-state index contributed by atoms with van der Waals surface area (Å²) in [6, 6.07) is 1.96. The lowest BCUT2D eigenvalue weighted by Gasteiger charge is -2.32. The van der Waals surface area contributed by atoms with E-state index in [0.29, 0.717) is 49.8 Å². The maximum atomic E-state index is 13.0. The Hall–Kier alpha value is -3.08. The predicted molar refractivity (Wildman–Crippen MR) is 133 cm³/mol. The molecule has 0 spiro atoms. The second kappa shape index (κ2) is 9.65. The van der Waals surface area contributed by atoms with Crippen LogP contribution >= 0.6 is 11.8 Å². The third kappa shape index (κ3) is 4.89. The molecule has 0 saturated carbocycles. The highest BCUT2D eigenvalue weighted by Crippen LogP contribution is 2.33. The first-order chi connectivity index (χ1) is 16.1. The molecule has 2 amide bonds. The van der Waals surface area contributed by atoms with Crippen molar-refractivity contribution in [1.82, 2.24) is 24.8 Å². The summed E-state index contributed by atoms with van der Waals surface area (Å²) >= 11 is 1.62. The molecule has 0 aliphatic carbocycles. The Bertz CT molecular complexity index is 1100. The summed E-state index contributed by atoms with van der Waals surface area (Å²) in [5, 5.41) is 3.60. The van der Waals surface area contributed by atoms with E-state index in [-0.39, 0.29) is 23.7 Å². The SMILES string of the molecule is C=C1NC(=O)c2c(nc(N3CCC(C(N)=O)CC3)n2CC(C)CSc2nc(C)cc(C)n2)N1C. The van der Waals surface area contributed by atoms with Crippen molar-refractivity contribution in [3.63, 3.8) is 0 Å². The zero-order valence-electron chi connectivity index (χ0n) is 20.2. The molecule has 11 heteroatoms. The van der Waals surface area contributed by atoms with Crippen molar-refractivity contribution in [3.8, 4) is 0 Å². The second-order valence-electron chi connectivity index (χ2n) is 9.17. The van der Waals surface area contributed by atoms with Gasteiger partial charge in [0.25, 0.3) is 5.91 Å². The van der Waals surface area contributed by atoms with Crippen LogP contribution in [-0.2, 0) is 11.3 Å². The average Bonchev–Trinajstić information content (AvgIpc) is 3.15. The van der Waals surface area contributed by atoms with E-state index in [2.05, 4.69) is 33.7 Å². The number of nitrogens with one attached hydrogen (secondary N) is 1. The van der Waals surface area contributed by atoms with Gasteiger partial charge in [-0.3, -0.25) is 9.59 Å². The van der Waals surface area contributed by atoms with Gasteiger partial charge in [-0.15, -0.1) is 0 Å². The number of aryl methyl sites for hydroxylation is 2. The van der Waals surface area contributed by atoms with Gasteiger partial charge in [0.2, 0.25) is 11.9 Å². The van der Waals surface area contributed by atoms with Crippen LogP contribution in [-0.4, -0.2) is 57.2 Å². The molecule has 182 valence electrons. The van der Waals surface area contributed by atoms with E-state index in [0.717, 1.165) is 28.2 Å². The largest absolute Gasteiger partial charge is 0.369 e. The van der Waals surface area contributed by atoms with Gasteiger partial charge in [-0.05, 0) is 38.7 Å². The average molecular weight is 485 g/mol. The van der Waals surface area contributed by atoms with Crippen LogP contribution < -0.4 is 20.9 Å². The highest BCUT2D eigenvalue weighted by molar-refractivity contribution is 7.99. The molecule has 34 heavy (non-hydrogen) atoms. The topological polar surface area (TPSA) is 122 Å². The minimum absolute atomic E-state index is 0.117. The fourth-order valence-electron chi connectivity index (χ4n) is 4.41. The quantitative estimate of drug-likeness (QED) is 0.452. The number of carbonyl (C=O) groups is 2. The van der Waals surface area contributed by atoms with Crippen molar-refractivity contribution >= 4 is 35.3 Å². The van der Waals surface area contributed by atoms with Crippen molar-refractivity contribution in [3.05, 3.63) is 35.5 Å². The van der Waals surface area contributed by atoms with Gasteiger partial charge in [-0.1, -0.05) is 25.3 Å². The molecule has 0 bridgehead atoms. The lowest BCUT2D eigenvalue weighted by Crippen LogP contribution is -2.41. The maximum Gasteiger partial charge on any atom is 0.277 e. The number of amides is 2. The lowest BCUT2D eigenvalue weighted by molar-refractivity contribution is -0.122. The van der Waals surface area contributed by atoms with Crippen molar-refractivity contribution in [1.29, 1.82) is 0 Å². The van der Waals surface area contributed by atoms with E-state index in [1.165, 1.54) is 0 Å². The highest BCUT2D eigenvalue weighted by atomic mass is 32.2. The van der Waals surface area contributed by atoms with Crippen LogP contribution in [0, 0.1) is 25.7 Å². The van der Waals surface area contributed by atoms with Gasteiger partial charge in [0.05, 0.1) is 0 Å². The first-order valence-corrected chi connectivity index (χ1v) is 12.5. The summed E-state index contributed by atoms with van der Waals surface area (Å²) in [6.45, 7) is 11.9. The molecule has 0 radical (unpaired) electrons. The number of fused-ring (bicyclic) bond motifs is 1. The van der Waals surface area contributed by atoms with Crippen LogP contribution in [0.4, 0.5) is 11.8 Å². The number of aromatic nitrogens is 4. The number of primary amides is 1. The summed E-state index contributed by atoms with van der Waals surface area (Å²) in [6.07, 6.45) is 1.36. The van der Waals surface area contributed by atoms with Gasteiger partial charge in [-0.2, -0.15) is 4.98 Å². The number of imidazole rings is 1. The molecule has 2 aliphatic rings. The van der Waals surface area contributed by atoms with E-state index < -0.39 is 0 Å². The molecule has 1 unspecified atom stereocenters. The van der Waals surface area contributed by atoms with Crippen LogP contribution in [0.5, 0.6) is 0 Å². The Morgan fingerprint density at radius 2 is 1.91 bits per heavy atom. The molecule has 1 atom stereocenters. The van der Waals surface area contributed by atoms with Crippen LogP contribution in [0.3, 0.4) is 0 Å². The van der Waals surface area contributed by atoms with Crippen molar-refractivity contribution in [2.75, 3.05) is 35.7 Å². The van der Waals surface area contributed by atoms with Crippen molar-refractivity contribution in [2.45, 2.75) is 45.3 Å². The molecule has 4 heterocycles. The van der Waals surface area contributed by atoms with Crippen LogP contribution in [0.2, 0.25) is 0 Å². The number of nitrogens with zero attached hydrogens (tertiary/aromatic N) is 6. The third-order valence-corrected chi connectivity index (χ3v) is 7.43. The fourth-order valence-corrected chi connectivity index (χ4v) is 5.36.